The highest BCUT2D eigenvalue weighted by Gasteiger charge is 2.39. The van der Waals surface area contributed by atoms with Crippen molar-refractivity contribution in [3.8, 4) is 5.88 Å². The summed E-state index contributed by atoms with van der Waals surface area (Å²) in [5, 5.41) is 0.203. The summed E-state index contributed by atoms with van der Waals surface area (Å²) >= 11 is 6.14. The number of sulfonamides is 1. The Labute approximate surface area is 210 Å². The van der Waals surface area contributed by atoms with E-state index < -0.39 is 15.9 Å². The number of carbonyl (C=O) groups is 1. The molecule has 1 atom stereocenters. The summed E-state index contributed by atoms with van der Waals surface area (Å²) in [7, 11) is -4.26. The normalized spacial score (nSPS) is 17.3. The van der Waals surface area contributed by atoms with Crippen LogP contribution in [0.2, 0.25) is 5.02 Å². The standard InChI is InChI=1S/C25H27ClN4O4S/c1-17-14-25(2,3)30(15-17)23-19(9-7-13-27-23)24(31)29-35(32,33)22-12-6-11-21(28-22)34-16-18-8-4-5-10-20(18)26/h4-13,17H,14-16H2,1-3H3,(H,29,31). The fourth-order valence-electron chi connectivity index (χ4n) is 4.37. The number of hydrogen-bond donors (Lipinski definition) is 1. The summed E-state index contributed by atoms with van der Waals surface area (Å²) in [5.41, 5.74) is 0.710. The molecule has 10 heteroatoms. The van der Waals surface area contributed by atoms with Crippen molar-refractivity contribution in [2.45, 2.75) is 44.4 Å². The Kier molecular flexibility index (Phi) is 7.00. The van der Waals surface area contributed by atoms with Crippen LogP contribution in [0.15, 0.2) is 65.8 Å². The first-order chi connectivity index (χ1) is 16.6. The number of benzene rings is 1. The average Bonchev–Trinajstić information content (AvgIpc) is 3.10. The van der Waals surface area contributed by atoms with Crippen LogP contribution in [0.4, 0.5) is 5.82 Å². The second-order valence-electron chi connectivity index (χ2n) is 9.24. The van der Waals surface area contributed by atoms with Crippen molar-refractivity contribution < 1.29 is 17.9 Å². The Morgan fingerprint density at radius 1 is 1.17 bits per heavy atom. The first-order valence-corrected chi connectivity index (χ1v) is 13.1. The summed E-state index contributed by atoms with van der Waals surface area (Å²) in [6.45, 7) is 7.15. The lowest BCUT2D eigenvalue weighted by Gasteiger charge is -2.33. The Morgan fingerprint density at radius 2 is 1.94 bits per heavy atom. The van der Waals surface area contributed by atoms with E-state index in [1.54, 1.807) is 36.5 Å². The monoisotopic (exact) mass is 514 g/mol. The molecule has 1 N–H and O–H groups in total. The van der Waals surface area contributed by atoms with Gasteiger partial charge in [-0.05, 0) is 50.5 Å². The van der Waals surface area contributed by atoms with Crippen molar-refractivity contribution in [1.82, 2.24) is 14.7 Å². The van der Waals surface area contributed by atoms with E-state index in [1.165, 1.54) is 18.2 Å². The largest absolute Gasteiger partial charge is 0.473 e. The number of pyridine rings is 2. The van der Waals surface area contributed by atoms with Crippen LogP contribution >= 0.6 is 11.6 Å². The van der Waals surface area contributed by atoms with E-state index in [9.17, 15) is 13.2 Å². The topological polar surface area (TPSA) is 101 Å². The van der Waals surface area contributed by atoms with Crippen molar-refractivity contribution in [1.29, 1.82) is 0 Å². The average molecular weight is 515 g/mol. The molecular formula is C25H27ClN4O4S. The second-order valence-corrected chi connectivity index (χ2v) is 11.3. The number of nitrogens with zero attached hydrogens (tertiary/aromatic N) is 3. The van der Waals surface area contributed by atoms with Crippen molar-refractivity contribution in [3.05, 3.63) is 76.9 Å². The van der Waals surface area contributed by atoms with Gasteiger partial charge in [0.1, 0.15) is 12.4 Å². The highest BCUT2D eigenvalue weighted by molar-refractivity contribution is 7.90. The predicted molar refractivity (Wildman–Crippen MR) is 134 cm³/mol. The maximum absolute atomic E-state index is 13.1. The van der Waals surface area contributed by atoms with Gasteiger partial charge in [0.05, 0.1) is 5.56 Å². The van der Waals surface area contributed by atoms with E-state index in [-0.39, 0.29) is 28.6 Å². The number of anilines is 1. The van der Waals surface area contributed by atoms with Gasteiger partial charge in [0.2, 0.25) is 5.88 Å². The van der Waals surface area contributed by atoms with Gasteiger partial charge < -0.3 is 9.64 Å². The molecule has 1 aliphatic rings. The third-order valence-corrected chi connectivity index (χ3v) is 7.49. The molecule has 0 spiro atoms. The molecule has 1 unspecified atom stereocenters. The van der Waals surface area contributed by atoms with Crippen LogP contribution in [-0.4, -0.2) is 36.4 Å². The van der Waals surface area contributed by atoms with E-state index in [2.05, 4.69) is 40.4 Å². The van der Waals surface area contributed by atoms with E-state index in [4.69, 9.17) is 16.3 Å². The van der Waals surface area contributed by atoms with Crippen LogP contribution in [0, 0.1) is 5.92 Å². The number of halogens is 1. The molecule has 0 saturated carbocycles. The minimum absolute atomic E-state index is 0.0927. The highest BCUT2D eigenvalue weighted by atomic mass is 35.5. The van der Waals surface area contributed by atoms with Gasteiger partial charge in [-0.1, -0.05) is 42.8 Å². The minimum Gasteiger partial charge on any atom is -0.473 e. The van der Waals surface area contributed by atoms with Crippen molar-refractivity contribution in [2.75, 3.05) is 11.4 Å². The van der Waals surface area contributed by atoms with Crippen molar-refractivity contribution in [3.63, 3.8) is 0 Å². The molecule has 184 valence electrons. The first kappa shape index (κ1) is 24.9. The molecule has 3 heterocycles. The van der Waals surface area contributed by atoms with E-state index in [1.807, 2.05) is 6.07 Å². The van der Waals surface area contributed by atoms with Crippen molar-refractivity contribution in [2.24, 2.45) is 5.92 Å². The molecule has 1 amide bonds. The SMILES string of the molecule is CC1CN(c2ncccc2C(=O)NS(=O)(=O)c2cccc(OCc3ccccc3Cl)n2)C(C)(C)C1. The molecule has 4 rings (SSSR count). The molecule has 1 aliphatic heterocycles. The van der Waals surface area contributed by atoms with Crippen LogP contribution in [0.1, 0.15) is 43.1 Å². The Hall–Kier alpha value is -3.17. The Morgan fingerprint density at radius 3 is 2.66 bits per heavy atom. The van der Waals surface area contributed by atoms with Gasteiger partial charge >= 0.3 is 0 Å². The first-order valence-electron chi connectivity index (χ1n) is 11.2. The molecule has 3 aromatic rings. The zero-order chi connectivity index (χ0) is 25.2. The second kappa shape index (κ2) is 9.83. The van der Waals surface area contributed by atoms with Gasteiger partial charge in [-0.3, -0.25) is 4.79 Å². The molecule has 35 heavy (non-hydrogen) atoms. The Bertz CT molecular complexity index is 1350. The lowest BCUT2D eigenvalue weighted by molar-refractivity contribution is 0.0981. The number of nitrogens with one attached hydrogen (secondary N) is 1. The number of amides is 1. The maximum Gasteiger partial charge on any atom is 0.281 e. The molecular weight excluding hydrogens is 488 g/mol. The number of aromatic nitrogens is 2. The molecule has 1 saturated heterocycles. The van der Waals surface area contributed by atoms with Crippen LogP contribution < -0.4 is 14.4 Å². The molecule has 8 nitrogen and oxygen atoms in total. The van der Waals surface area contributed by atoms with Gasteiger partial charge in [0.15, 0.2) is 5.03 Å². The fraction of sp³-hybridized carbons (Fsp3) is 0.320. The molecule has 1 fully saturated rings. The quantitative estimate of drug-likeness (QED) is 0.497. The van der Waals surface area contributed by atoms with Gasteiger partial charge in [-0.25, -0.2) is 9.71 Å². The number of carbonyl (C=O) groups excluding carboxylic acids is 1. The van der Waals surface area contributed by atoms with Gasteiger partial charge in [0.25, 0.3) is 15.9 Å². The van der Waals surface area contributed by atoms with Crippen LogP contribution in [0.3, 0.4) is 0 Å². The number of ether oxygens (including phenoxy) is 1. The molecule has 1 aromatic carbocycles. The zero-order valence-electron chi connectivity index (χ0n) is 19.7. The van der Waals surface area contributed by atoms with E-state index >= 15 is 0 Å². The van der Waals surface area contributed by atoms with E-state index in [0.717, 1.165) is 18.5 Å². The molecule has 2 aromatic heterocycles. The third-order valence-electron chi connectivity index (χ3n) is 5.89. The number of rotatable bonds is 7. The van der Waals surface area contributed by atoms with E-state index in [0.29, 0.717) is 16.8 Å². The summed E-state index contributed by atoms with van der Waals surface area (Å²) in [6.07, 6.45) is 2.54. The fourth-order valence-corrected chi connectivity index (χ4v) is 5.49. The van der Waals surface area contributed by atoms with Crippen LogP contribution in [0.5, 0.6) is 5.88 Å². The summed E-state index contributed by atoms with van der Waals surface area (Å²) in [4.78, 5) is 23.6. The van der Waals surface area contributed by atoms with Gasteiger partial charge in [-0.2, -0.15) is 13.4 Å². The van der Waals surface area contributed by atoms with Gasteiger partial charge in [0, 0.05) is 34.9 Å². The van der Waals surface area contributed by atoms with Crippen molar-refractivity contribution >= 4 is 33.3 Å². The lowest BCUT2D eigenvalue weighted by atomic mass is 9.97. The summed E-state index contributed by atoms with van der Waals surface area (Å²) in [5.74, 6) is 0.200. The Balaban J connectivity index is 1.53. The molecule has 0 aliphatic carbocycles. The smallest absolute Gasteiger partial charge is 0.281 e. The predicted octanol–water partition coefficient (Wildman–Crippen LogP) is 4.45. The lowest BCUT2D eigenvalue weighted by Crippen LogP contribution is -2.41. The summed E-state index contributed by atoms with van der Waals surface area (Å²) < 4.78 is 33.8. The van der Waals surface area contributed by atoms with Crippen LogP contribution in [0.25, 0.3) is 0 Å². The minimum atomic E-state index is -4.26. The molecule has 0 radical (unpaired) electrons. The maximum atomic E-state index is 13.1. The highest BCUT2D eigenvalue weighted by Crippen LogP contribution is 2.37. The summed E-state index contributed by atoms with van der Waals surface area (Å²) in [6, 6.07) is 14.7. The van der Waals surface area contributed by atoms with Crippen LogP contribution in [-0.2, 0) is 16.6 Å². The zero-order valence-corrected chi connectivity index (χ0v) is 21.3. The molecule has 0 bridgehead atoms. The number of hydrogen-bond acceptors (Lipinski definition) is 7. The van der Waals surface area contributed by atoms with Gasteiger partial charge in [-0.15, -0.1) is 0 Å². The third kappa shape index (κ3) is 5.57.